The van der Waals surface area contributed by atoms with Crippen LogP contribution in [0.25, 0.3) is 0 Å². The number of methoxy groups -OCH3 is 1. The highest BCUT2D eigenvalue weighted by Gasteiger charge is 2.19. The fourth-order valence-electron chi connectivity index (χ4n) is 2.81. The smallest absolute Gasteiger partial charge is 0.251 e. The van der Waals surface area contributed by atoms with Gasteiger partial charge in [0.05, 0.1) is 7.11 Å². The molecule has 146 valence electrons. The zero-order valence-corrected chi connectivity index (χ0v) is 17.3. The van der Waals surface area contributed by atoms with E-state index in [1.165, 1.54) is 0 Å². The fraction of sp³-hybridized carbons (Fsp3) is 0.435. The summed E-state index contributed by atoms with van der Waals surface area (Å²) in [7, 11) is 1.63. The van der Waals surface area contributed by atoms with Gasteiger partial charge in [-0.15, -0.1) is 0 Å². The van der Waals surface area contributed by atoms with Crippen molar-refractivity contribution in [3.8, 4) is 11.5 Å². The van der Waals surface area contributed by atoms with E-state index in [-0.39, 0.29) is 17.4 Å². The molecule has 1 amide bonds. The van der Waals surface area contributed by atoms with E-state index >= 15 is 0 Å². The lowest BCUT2D eigenvalue weighted by Gasteiger charge is -2.23. The second-order valence-corrected chi connectivity index (χ2v) is 7.84. The van der Waals surface area contributed by atoms with Gasteiger partial charge in [0.1, 0.15) is 18.1 Å². The number of hydrogen-bond acceptors (Lipinski definition) is 3. The topological polar surface area (TPSA) is 47.6 Å². The lowest BCUT2D eigenvalue weighted by Crippen LogP contribution is -2.31. The molecular weight excluding hydrogens is 338 g/mol. The van der Waals surface area contributed by atoms with E-state index in [2.05, 4.69) is 32.2 Å². The Morgan fingerprint density at radius 2 is 1.81 bits per heavy atom. The third-order valence-corrected chi connectivity index (χ3v) is 4.61. The molecule has 0 heterocycles. The van der Waals surface area contributed by atoms with Gasteiger partial charge in [0, 0.05) is 17.2 Å². The summed E-state index contributed by atoms with van der Waals surface area (Å²) in [5, 5.41) is 2.99. The van der Waals surface area contributed by atoms with E-state index < -0.39 is 0 Å². The number of nitrogens with one attached hydrogen (secondary N) is 1. The fourth-order valence-corrected chi connectivity index (χ4v) is 2.81. The molecule has 0 aliphatic carbocycles. The van der Waals surface area contributed by atoms with Crippen LogP contribution in [0.1, 0.15) is 62.5 Å². The standard InChI is InChI=1S/C23H31NO3/c1-7-16(2)24-22(25)17-12-13-20(26-6)18(14-17)15-27-21-11-9-8-10-19(21)23(3,4)5/h8-14,16H,7,15H2,1-6H3,(H,24,25)/t16-/m0/s1. The number of rotatable bonds is 7. The van der Waals surface area contributed by atoms with Gasteiger partial charge < -0.3 is 14.8 Å². The summed E-state index contributed by atoms with van der Waals surface area (Å²) in [5.74, 6) is 1.48. The lowest BCUT2D eigenvalue weighted by atomic mass is 9.86. The Labute approximate surface area is 162 Å². The summed E-state index contributed by atoms with van der Waals surface area (Å²) >= 11 is 0. The number of benzene rings is 2. The average molecular weight is 370 g/mol. The molecule has 0 aliphatic rings. The Morgan fingerprint density at radius 3 is 2.44 bits per heavy atom. The number of para-hydroxylation sites is 1. The van der Waals surface area contributed by atoms with Gasteiger partial charge in [-0.2, -0.15) is 0 Å². The summed E-state index contributed by atoms with van der Waals surface area (Å²) < 4.78 is 11.6. The van der Waals surface area contributed by atoms with Crippen LogP contribution >= 0.6 is 0 Å². The Bertz CT molecular complexity index is 777. The Hall–Kier alpha value is -2.49. The van der Waals surface area contributed by atoms with Crippen LogP contribution in [0, 0.1) is 0 Å². The van der Waals surface area contributed by atoms with E-state index in [1.807, 2.05) is 44.2 Å². The Kier molecular flexibility index (Phi) is 6.89. The van der Waals surface area contributed by atoms with Crippen molar-refractivity contribution in [2.45, 2.75) is 59.1 Å². The Balaban J connectivity index is 2.23. The molecule has 4 heteroatoms. The highest BCUT2D eigenvalue weighted by Crippen LogP contribution is 2.32. The van der Waals surface area contributed by atoms with Crippen molar-refractivity contribution in [3.05, 3.63) is 59.2 Å². The van der Waals surface area contributed by atoms with Crippen LogP contribution in [0.5, 0.6) is 11.5 Å². The maximum absolute atomic E-state index is 12.4. The van der Waals surface area contributed by atoms with Gasteiger partial charge in [0.25, 0.3) is 5.91 Å². The first-order valence-electron chi connectivity index (χ1n) is 9.46. The van der Waals surface area contributed by atoms with Gasteiger partial charge in [-0.3, -0.25) is 4.79 Å². The molecule has 0 aromatic heterocycles. The van der Waals surface area contributed by atoms with Crippen LogP contribution in [0.2, 0.25) is 0 Å². The van der Waals surface area contributed by atoms with Crippen LogP contribution in [0.4, 0.5) is 0 Å². The molecule has 0 fully saturated rings. The number of amides is 1. The highest BCUT2D eigenvalue weighted by molar-refractivity contribution is 5.94. The van der Waals surface area contributed by atoms with Crippen LogP contribution in [0.15, 0.2) is 42.5 Å². The van der Waals surface area contributed by atoms with Crippen molar-refractivity contribution in [2.24, 2.45) is 0 Å². The third kappa shape index (κ3) is 5.49. The van der Waals surface area contributed by atoms with Gasteiger partial charge in [0.2, 0.25) is 0 Å². The number of ether oxygens (including phenoxy) is 2. The van der Waals surface area contributed by atoms with E-state index in [0.29, 0.717) is 17.9 Å². The van der Waals surface area contributed by atoms with Crippen molar-refractivity contribution >= 4 is 5.91 Å². The summed E-state index contributed by atoms with van der Waals surface area (Å²) in [5.41, 5.74) is 2.59. The molecule has 2 aromatic carbocycles. The molecule has 27 heavy (non-hydrogen) atoms. The minimum Gasteiger partial charge on any atom is -0.496 e. The maximum atomic E-state index is 12.4. The van der Waals surface area contributed by atoms with Crippen LogP contribution in [0.3, 0.4) is 0 Å². The first kappa shape index (κ1) is 20.8. The lowest BCUT2D eigenvalue weighted by molar-refractivity contribution is 0.0939. The molecular formula is C23H31NO3. The first-order chi connectivity index (χ1) is 12.8. The van der Waals surface area contributed by atoms with E-state index in [4.69, 9.17) is 9.47 Å². The quantitative estimate of drug-likeness (QED) is 0.738. The van der Waals surface area contributed by atoms with E-state index in [9.17, 15) is 4.79 Å². The SMILES string of the molecule is CC[C@H](C)NC(=O)c1ccc(OC)c(COc2ccccc2C(C)(C)C)c1. The average Bonchev–Trinajstić information content (AvgIpc) is 2.65. The highest BCUT2D eigenvalue weighted by atomic mass is 16.5. The number of carbonyl (C=O) groups excluding carboxylic acids is 1. The summed E-state index contributed by atoms with van der Waals surface area (Å²) in [6.45, 7) is 10.9. The molecule has 0 unspecified atom stereocenters. The molecule has 2 aromatic rings. The largest absolute Gasteiger partial charge is 0.496 e. The monoisotopic (exact) mass is 369 g/mol. The minimum absolute atomic E-state index is 0.0152. The van der Waals surface area contributed by atoms with Crippen LogP contribution in [-0.2, 0) is 12.0 Å². The van der Waals surface area contributed by atoms with Crippen molar-refractivity contribution in [2.75, 3.05) is 7.11 Å². The van der Waals surface area contributed by atoms with Gasteiger partial charge in [0.15, 0.2) is 0 Å². The molecule has 1 N–H and O–H groups in total. The van der Waals surface area contributed by atoms with E-state index in [0.717, 1.165) is 23.3 Å². The molecule has 0 radical (unpaired) electrons. The maximum Gasteiger partial charge on any atom is 0.251 e. The molecule has 1 atom stereocenters. The van der Waals surface area contributed by atoms with Crippen molar-refractivity contribution in [3.63, 3.8) is 0 Å². The van der Waals surface area contributed by atoms with E-state index in [1.54, 1.807) is 13.2 Å². The predicted molar refractivity (Wildman–Crippen MR) is 110 cm³/mol. The van der Waals surface area contributed by atoms with Gasteiger partial charge >= 0.3 is 0 Å². The van der Waals surface area contributed by atoms with Crippen LogP contribution < -0.4 is 14.8 Å². The zero-order valence-electron chi connectivity index (χ0n) is 17.3. The third-order valence-electron chi connectivity index (χ3n) is 4.61. The van der Waals surface area contributed by atoms with Crippen molar-refractivity contribution in [1.29, 1.82) is 0 Å². The summed E-state index contributed by atoms with van der Waals surface area (Å²) in [6, 6.07) is 13.6. The summed E-state index contributed by atoms with van der Waals surface area (Å²) in [6.07, 6.45) is 0.890. The molecule has 0 bridgehead atoms. The van der Waals surface area contributed by atoms with Crippen LogP contribution in [-0.4, -0.2) is 19.1 Å². The second kappa shape index (κ2) is 8.94. The normalized spacial score (nSPS) is 12.4. The predicted octanol–water partition coefficient (Wildman–Crippen LogP) is 5.10. The first-order valence-corrected chi connectivity index (χ1v) is 9.46. The minimum atomic E-state index is -0.0802. The molecule has 4 nitrogen and oxygen atoms in total. The molecule has 0 spiro atoms. The number of hydrogen-bond donors (Lipinski definition) is 1. The molecule has 0 saturated heterocycles. The molecule has 0 saturated carbocycles. The summed E-state index contributed by atoms with van der Waals surface area (Å²) in [4.78, 5) is 12.4. The molecule has 2 rings (SSSR count). The number of carbonyl (C=O) groups is 1. The van der Waals surface area contributed by atoms with Crippen molar-refractivity contribution < 1.29 is 14.3 Å². The second-order valence-electron chi connectivity index (χ2n) is 7.84. The molecule has 0 aliphatic heterocycles. The zero-order chi connectivity index (χ0) is 20.0. The Morgan fingerprint density at radius 1 is 1.11 bits per heavy atom. The van der Waals surface area contributed by atoms with Crippen molar-refractivity contribution in [1.82, 2.24) is 5.32 Å². The van der Waals surface area contributed by atoms with Gasteiger partial charge in [-0.1, -0.05) is 45.9 Å². The van der Waals surface area contributed by atoms with Gasteiger partial charge in [-0.05, 0) is 48.6 Å². The van der Waals surface area contributed by atoms with Gasteiger partial charge in [-0.25, -0.2) is 0 Å².